The molecule has 0 saturated heterocycles. The zero-order chi connectivity index (χ0) is 15.5. The molecule has 1 rings (SSSR count). The fraction of sp³-hybridized carbons (Fsp3) is 0.632. The van der Waals surface area contributed by atoms with E-state index in [2.05, 4.69) is 45.0 Å². The Kier molecular flexibility index (Phi) is 8.80. The summed E-state index contributed by atoms with van der Waals surface area (Å²) in [5.41, 5.74) is 3.52. The van der Waals surface area contributed by atoms with Crippen molar-refractivity contribution in [2.45, 2.75) is 72.1 Å². The van der Waals surface area contributed by atoms with Crippen LogP contribution in [0.4, 0.5) is 0 Å². The molecule has 0 heterocycles. The molecule has 0 atom stereocenters. The second-order valence-electron chi connectivity index (χ2n) is 5.77. The van der Waals surface area contributed by atoms with Crippen LogP contribution in [0, 0.1) is 5.21 Å². The topological polar surface area (TPSA) is 26.1 Å². The number of unbranched alkanes of at least 4 members (excludes halogenated alkanes) is 3. The van der Waals surface area contributed by atoms with Gasteiger partial charge in [-0.15, -0.1) is 0 Å². The van der Waals surface area contributed by atoms with Crippen molar-refractivity contribution >= 4 is 5.71 Å². The highest BCUT2D eigenvalue weighted by Gasteiger charge is 2.16. The fourth-order valence-electron chi connectivity index (χ4n) is 2.56. The first-order valence-corrected chi connectivity index (χ1v) is 8.63. The summed E-state index contributed by atoms with van der Waals surface area (Å²) in [6, 6.07) is 8.47. The Morgan fingerprint density at radius 3 is 2.29 bits per heavy atom. The molecule has 2 nitrogen and oxygen atoms in total. The second-order valence-corrected chi connectivity index (χ2v) is 5.77. The van der Waals surface area contributed by atoms with Gasteiger partial charge in [-0.1, -0.05) is 58.2 Å². The predicted octanol–water partition coefficient (Wildman–Crippen LogP) is 5.32. The van der Waals surface area contributed by atoms with Gasteiger partial charge in [-0.2, -0.15) is 0 Å². The summed E-state index contributed by atoms with van der Waals surface area (Å²) in [6.07, 6.45) is 8.59. The Labute approximate surface area is 130 Å². The molecule has 0 radical (unpaired) electrons. The van der Waals surface area contributed by atoms with Crippen LogP contribution < -0.4 is 0 Å². The molecule has 0 saturated carbocycles. The highest BCUT2D eigenvalue weighted by molar-refractivity contribution is 5.98. The summed E-state index contributed by atoms with van der Waals surface area (Å²) in [7, 11) is 0. The number of rotatable bonds is 10. The van der Waals surface area contributed by atoms with Crippen LogP contribution in [-0.2, 0) is 6.42 Å². The van der Waals surface area contributed by atoms with E-state index in [0.717, 1.165) is 44.2 Å². The molecule has 0 fully saturated rings. The van der Waals surface area contributed by atoms with Crippen molar-refractivity contribution in [1.29, 1.82) is 0 Å². The molecule has 0 amide bonds. The number of hydrogen-bond acceptors (Lipinski definition) is 1. The van der Waals surface area contributed by atoms with E-state index in [0.29, 0.717) is 6.54 Å². The maximum atomic E-state index is 12.5. The predicted molar refractivity (Wildman–Crippen MR) is 92.1 cm³/mol. The van der Waals surface area contributed by atoms with Crippen LogP contribution in [0.3, 0.4) is 0 Å². The molecule has 1 aromatic carbocycles. The van der Waals surface area contributed by atoms with Crippen molar-refractivity contribution in [2.75, 3.05) is 6.54 Å². The van der Waals surface area contributed by atoms with E-state index in [9.17, 15) is 5.21 Å². The standard InChI is InChI=1S/C19H31NO/c1-4-7-12-17-13-10-11-14-18(17)19(15-8-5-2)20(21)16-9-6-3/h10-11,13-14H,4-9,12,15-16H2,1-3H3. The minimum absolute atomic E-state index is 0.623. The number of hydroxylamine groups is 1. The molecule has 2 heteroatoms. The summed E-state index contributed by atoms with van der Waals surface area (Å²) >= 11 is 0. The minimum Gasteiger partial charge on any atom is -0.624 e. The summed E-state index contributed by atoms with van der Waals surface area (Å²) in [6.45, 7) is 7.15. The van der Waals surface area contributed by atoms with E-state index in [4.69, 9.17) is 0 Å². The van der Waals surface area contributed by atoms with E-state index in [1.54, 1.807) is 0 Å². The number of benzene rings is 1. The van der Waals surface area contributed by atoms with Crippen LogP contribution in [-0.4, -0.2) is 17.0 Å². The molecule has 0 unspecified atom stereocenters. The Morgan fingerprint density at radius 1 is 0.952 bits per heavy atom. The van der Waals surface area contributed by atoms with Crippen LogP contribution in [0.1, 0.15) is 76.8 Å². The zero-order valence-corrected chi connectivity index (χ0v) is 14.0. The van der Waals surface area contributed by atoms with Crippen molar-refractivity contribution in [3.05, 3.63) is 40.6 Å². The lowest BCUT2D eigenvalue weighted by molar-refractivity contribution is -0.459. The Hall–Kier alpha value is -1.31. The lowest BCUT2D eigenvalue weighted by atomic mass is 9.95. The lowest BCUT2D eigenvalue weighted by Gasteiger charge is -2.14. The minimum atomic E-state index is 0.623. The summed E-state index contributed by atoms with van der Waals surface area (Å²) < 4.78 is 1.25. The number of nitrogens with zero attached hydrogens (tertiary/aromatic N) is 1. The maximum absolute atomic E-state index is 12.5. The van der Waals surface area contributed by atoms with Gasteiger partial charge in [-0.3, -0.25) is 0 Å². The molecular weight excluding hydrogens is 258 g/mol. The quantitative estimate of drug-likeness (QED) is 0.248. The highest BCUT2D eigenvalue weighted by atomic mass is 16.5. The van der Waals surface area contributed by atoms with Crippen LogP contribution in [0.2, 0.25) is 0 Å². The van der Waals surface area contributed by atoms with Crippen molar-refractivity contribution < 1.29 is 4.74 Å². The maximum Gasteiger partial charge on any atom is 0.194 e. The molecular formula is C19H31NO. The third kappa shape index (κ3) is 5.91. The van der Waals surface area contributed by atoms with Crippen LogP contribution in [0.25, 0.3) is 0 Å². The lowest BCUT2D eigenvalue weighted by Crippen LogP contribution is -2.20. The molecule has 0 aromatic heterocycles. The third-order valence-electron chi connectivity index (χ3n) is 3.91. The van der Waals surface area contributed by atoms with E-state index in [1.807, 2.05) is 0 Å². The van der Waals surface area contributed by atoms with Gasteiger partial charge in [-0.05, 0) is 30.9 Å². The average molecular weight is 289 g/mol. The van der Waals surface area contributed by atoms with Crippen molar-refractivity contribution in [1.82, 2.24) is 0 Å². The molecule has 0 aliphatic rings. The molecule has 0 aliphatic carbocycles. The molecule has 1 aromatic rings. The first kappa shape index (κ1) is 17.7. The fourth-order valence-corrected chi connectivity index (χ4v) is 2.56. The molecule has 0 bridgehead atoms. The molecule has 21 heavy (non-hydrogen) atoms. The Morgan fingerprint density at radius 2 is 1.62 bits per heavy atom. The van der Waals surface area contributed by atoms with Gasteiger partial charge in [0.2, 0.25) is 0 Å². The van der Waals surface area contributed by atoms with Gasteiger partial charge < -0.3 is 5.21 Å². The SMILES string of the molecule is CCCCC(c1ccccc1CCCC)=[N+]([O-])CCCC. The summed E-state index contributed by atoms with van der Waals surface area (Å²) in [5.74, 6) is 0. The van der Waals surface area contributed by atoms with E-state index < -0.39 is 0 Å². The largest absolute Gasteiger partial charge is 0.624 e. The van der Waals surface area contributed by atoms with Crippen molar-refractivity contribution in [2.24, 2.45) is 0 Å². The normalized spacial score (nSPS) is 12.3. The Bertz CT molecular complexity index is 437. The zero-order valence-electron chi connectivity index (χ0n) is 14.0. The van der Waals surface area contributed by atoms with Crippen molar-refractivity contribution in [3.63, 3.8) is 0 Å². The van der Waals surface area contributed by atoms with E-state index in [-0.39, 0.29) is 0 Å². The Balaban J connectivity index is 3.07. The van der Waals surface area contributed by atoms with Crippen molar-refractivity contribution in [3.8, 4) is 0 Å². The molecule has 0 spiro atoms. The third-order valence-corrected chi connectivity index (χ3v) is 3.91. The van der Waals surface area contributed by atoms with Gasteiger partial charge in [0.25, 0.3) is 0 Å². The molecule has 0 N–H and O–H groups in total. The van der Waals surface area contributed by atoms with E-state index >= 15 is 0 Å². The molecule has 0 aliphatic heterocycles. The average Bonchev–Trinajstić information content (AvgIpc) is 2.52. The summed E-state index contributed by atoms with van der Waals surface area (Å²) in [4.78, 5) is 0. The van der Waals surface area contributed by atoms with E-state index in [1.165, 1.54) is 28.7 Å². The van der Waals surface area contributed by atoms with Crippen LogP contribution in [0.5, 0.6) is 0 Å². The first-order chi connectivity index (χ1) is 10.2. The van der Waals surface area contributed by atoms with Gasteiger partial charge in [0, 0.05) is 18.4 Å². The van der Waals surface area contributed by atoms with Gasteiger partial charge in [0.15, 0.2) is 12.3 Å². The van der Waals surface area contributed by atoms with Gasteiger partial charge in [-0.25, -0.2) is 4.74 Å². The monoisotopic (exact) mass is 289 g/mol. The molecule has 118 valence electrons. The van der Waals surface area contributed by atoms with Crippen LogP contribution >= 0.6 is 0 Å². The van der Waals surface area contributed by atoms with Gasteiger partial charge >= 0.3 is 0 Å². The summed E-state index contributed by atoms with van der Waals surface area (Å²) in [5, 5.41) is 12.5. The first-order valence-electron chi connectivity index (χ1n) is 8.63. The number of hydrogen-bond donors (Lipinski definition) is 0. The van der Waals surface area contributed by atoms with Crippen LogP contribution in [0.15, 0.2) is 24.3 Å². The highest BCUT2D eigenvalue weighted by Crippen LogP contribution is 2.16. The number of aryl methyl sites for hydroxylation is 1. The second kappa shape index (κ2) is 10.4. The van der Waals surface area contributed by atoms with Gasteiger partial charge in [0.05, 0.1) is 0 Å². The smallest absolute Gasteiger partial charge is 0.194 e. The van der Waals surface area contributed by atoms with Gasteiger partial charge in [0.1, 0.15) is 0 Å².